The Balaban J connectivity index is 1.83. The summed E-state index contributed by atoms with van der Waals surface area (Å²) in [6, 6.07) is 27.8. The van der Waals surface area contributed by atoms with E-state index in [-0.39, 0.29) is 11.8 Å². The number of carbonyl (C=O) groups is 1. The van der Waals surface area contributed by atoms with E-state index in [1.54, 1.807) is 12.1 Å². The van der Waals surface area contributed by atoms with Crippen LogP contribution >= 0.6 is 0 Å². The molecular weight excluding hydrogens is 336 g/mol. The van der Waals surface area contributed by atoms with Gasteiger partial charge in [0.1, 0.15) is 5.75 Å². The standard InChI is InChI=1S/C23H22N2O2/c1-17-22(26)25(20-13-15-21(27-2)16-14-20)24-23(17,18-9-5-3-6-10-18)19-11-7-4-8-12-19/h3-17,24H,1-2H3/t17-/m1/s1. The van der Waals surface area contributed by atoms with E-state index >= 15 is 0 Å². The van der Waals surface area contributed by atoms with Crippen molar-refractivity contribution >= 4 is 11.6 Å². The first-order chi connectivity index (χ1) is 13.2. The summed E-state index contributed by atoms with van der Waals surface area (Å²) in [6.07, 6.45) is 0. The predicted octanol–water partition coefficient (Wildman–Crippen LogP) is 4.13. The molecule has 0 bridgehead atoms. The van der Waals surface area contributed by atoms with Gasteiger partial charge in [0.05, 0.1) is 24.3 Å². The zero-order valence-electron chi connectivity index (χ0n) is 15.4. The first-order valence-corrected chi connectivity index (χ1v) is 9.03. The lowest BCUT2D eigenvalue weighted by Gasteiger charge is -2.34. The van der Waals surface area contributed by atoms with Crippen molar-refractivity contribution in [2.45, 2.75) is 12.5 Å². The van der Waals surface area contributed by atoms with E-state index in [1.165, 1.54) is 0 Å². The fourth-order valence-corrected chi connectivity index (χ4v) is 3.83. The SMILES string of the molecule is COc1ccc(N2NC(c3ccccc3)(c3ccccc3)[C@H](C)C2=O)cc1. The van der Waals surface area contributed by atoms with E-state index in [4.69, 9.17) is 4.74 Å². The van der Waals surface area contributed by atoms with Crippen LogP contribution in [0.2, 0.25) is 0 Å². The van der Waals surface area contributed by atoms with Crippen LogP contribution in [0.5, 0.6) is 5.75 Å². The molecule has 1 fully saturated rings. The third-order valence-electron chi connectivity index (χ3n) is 5.32. The Morgan fingerprint density at radius 2 is 1.37 bits per heavy atom. The molecule has 1 aliphatic heterocycles. The lowest BCUT2D eigenvalue weighted by atomic mass is 9.75. The number of nitrogens with one attached hydrogen (secondary N) is 1. The number of nitrogens with zero attached hydrogens (tertiary/aromatic N) is 1. The molecule has 0 spiro atoms. The summed E-state index contributed by atoms with van der Waals surface area (Å²) >= 11 is 0. The summed E-state index contributed by atoms with van der Waals surface area (Å²) in [5.41, 5.74) is 5.83. The lowest BCUT2D eigenvalue weighted by molar-refractivity contribution is -0.120. The zero-order chi connectivity index (χ0) is 18.9. The maximum atomic E-state index is 13.3. The number of hydrogen-bond acceptors (Lipinski definition) is 3. The van der Waals surface area contributed by atoms with Crippen LogP contribution in [0.3, 0.4) is 0 Å². The van der Waals surface area contributed by atoms with Crippen LogP contribution < -0.4 is 15.2 Å². The second-order valence-corrected chi connectivity index (χ2v) is 6.75. The highest BCUT2D eigenvalue weighted by Gasteiger charge is 2.52. The fourth-order valence-electron chi connectivity index (χ4n) is 3.83. The molecule has 0 aliphatic carbocycles. The number of anilines is 1. The van der Waals surface area contributed by atoms with Crippen LogP contribution in [0, 0.1) is 5.92 Å². The summed E-state index contributed by atoms with van der Waals surface area (Å²) in [5, 5.41) is 1.66. The molecule has 0 radical (unpaired) electrons. The number of hydrazine groups is 1. The average Bonchev–Trinajstić information content (AvgIpc) is 3.01. The highest BCUT2D eigenvalue weighted by Crippen LogP contribution is 2.43. The van der Waals surface area contributed by atoms with Crippen LogP contribution in [0.15, 0.2) is 84.9 Å². The van der Waals surface area contributed by atoms with E-state index in [1.807, 2.05) is 67.6 Å². The van der Waals surface area contributed by atoms with E-state index in [9.17, 15) is 4.79 Å². The molecule has 136 valence electrons. The van der Waals surface area contributed by atoms with Crippen LogP contribution in [0.4, 0.5) is 5.69 Å². The van der Waals surface area contributed by atoms with Gasteiger partial charge < -0.3 is 4.74 Å². The van der Waals surface area contributed by atoms with Gasteiger partial charge in [0, 0.05) is 0 Å². The third kappa shape index (κ3) is 2.78. The molecule has 1 atom stereocenters. The molecule has 27 heavy (non-hydrogen) atoms. The minimum absolute atomic E-state index is 0.0351. The maximum absolute atomic E-state index is 13.3. The second-order valence-electron chi connectivity index (χ2n) is 6.75. The van der Waals surface area contributed by atoms with Gasteiger partial charge in [-0.3, -0.25) is 4.79 Å². The van der Waals surface area contributed by atoms with Crippen molar-refractivity contribution in [3.63, 3.8) is 0 Å². The van der Waals surface area contributed by atoms with Crippen molar-refractivity contribution in [2.75, 3.05) is 12.1 Å². The first kappa shape index (κ1) is 17.3. The number of carbonyl (C=O) groups excluding carboxylic acids is 1. The van der Waals surface area contributed by atoms with Gasteiger partial charge in [-0.25, -0.2) is 10.4 Å². The van der Waals surface area contributed by atoms with E-state index in [0.29, 0.717) is 0 Å². The third-order valence-corrected chi connectivity index (χ3v) is 5.32. The highest BCUT2D eigenvalue weighted by molar-refractivity contribution is 5.98. The smallest absolute Gasteiger partial charge is 0.246 e. The highest BCUT2D eigenvalue weighted by atomic mass is 16.5. The second kappa shape index (κ2) is 6.89. The zero-order valence-corrected chi connectivity index (χ0v) is 15.4. The molecule has 3 aromatic carbocycles. The van der Waals surface area contributed by atoms with Gasteiger partial charge in [0.15, 0.2) is 0 Å². The Kier molecular flexibility index (Phi) is 4.42. The number of rotatable bonds is 4. The molecule has 0 aromatic heterocycles. The minimum atomic E-state index is -0.625. The molecular formula is C23H22N2O2. The molecule has 3 aromatic rings. The fraction of sp³-hybridized carbons (Fsp3) is 0.174. The number of methoxy groups -OCH3 is 1. The molecule has 4 rings (SSSR count). The molecule has 1 saturated heterocycles. The summed E-state index contributed by atoms with van der Waals surface area (Å²) in [4.78, 5) is 13.3. The number of ether oxygens (including phenoxy) is 1. The predicted molar refractivity (Wildman–Crippen MR) is 106 cm³/mol. The van der Waals surface area contributed by atoms with Gasteiger partial charge in [-0.2, -0.15) is 0 Å². The Morgan fingerprint density at radius 3 is 1.85 bits per heavy atom. The van der Waals surface area contributed by atoms with Gasteiger partial charge in [-0.15, -0.1) is 0 Å². The Hall–Kier alpha value is -3.11. The molecule has 4 nitrogen and oxygen atoms in total. The molecule has 0 saturated carbocycles. The number of amides is 1. The molecule has 1 aliphatic rings. The summed E-state index contributed by atoms with van der Waals surface area (Å²) in [6.45, 7) is 1.98. The quantitative estimate of drug-likeness (QED) is 0.763. The van der Waals surface area contributed by atoms with E-state index in [2.05, 4.69) is 29.7 Å². The lowest BCUT2D eigenvalue weighted by Crippen LogP contribution is -2.46. The topological polar surface area (TPSA) is 41.6 Å². The van der Waals surface area contributed by atoms with Crippen molar-refractivity contribution in [2.24, 2.45) is 5.92 Å². The number of hydrogen-bond donors (Lipinski definition) is 1. The van der Waals surface area contributed by atoms with Crippen LogP contribution in [-0.4, -0.2) is 13.0 Å². The largest absolute Gasteiger partial charge is 0.497 e. The average molecular weight is 358 g/mol. The van der Waals surface area contributed by atoms with Crippen molar-refractivity contribution < 1.29 is 9.53 Å². The monoisotopic (exact) mass is 358 g/mol. The Bertz CT molecular complexity index is 884. The van der Waals surface area contributed by atoms with Crippen LogP contribution in [0.25, 0.3) is 0 Å². The van der Waals surface area contributed by atoms with Crippen LogP contribution in [0.1, 0.15) is 18.1 Å². The molecule has 1 N–H and O–H groups in total. The summed E-state index contributed by atoms with van der Waals surface area (Å²) in [7, 11) is 1.63. The summed E-state index contributed by atoms with van der Waals surface area (Å²) in [5.74, 6) is 0.521. The number of benzene rings is 3. The van der Waals surface area contributed by atoms with Gasteiger partial charge in [-0.05, 0) is 35.4 Å². The maximum Gasteiger partial charge on any atom is 0.246 e. The first-order valence-electron chi connectivity index (χ1n) is 9.03. The molecule has 4 heteroatoms. The van der Waals surface area contributed by atoms with Crippen LogP contribution in [-0.2, 0) is 10.3 Å². The van der Waals surface area contributed by atoms with Crippen molar-refractivity contribution in [1.82, 2.24) is 5.43 Å². The van der Waals surface area contributed by atoms with Crippen molar-refractivity contribution in [3.05, 3.63) is 96.1 Å². The molecule has 1 heterocycles. The van der Waals surface area contributed by atoms with Gasteiger partial charge >= 0.3 is 0 Å². The summed E-state index contributed by atoms with van der Waals surface area (Å²) < 4.78 is 5.24. The van der Waals surface area contributed by atoms with E-state index < -0.39 is 5.54 Å². The van der Waals surface area contributed by atoms with Gasteiger partial charge in [0.2, 0.25) is 5.91 Å². The van der Waals surface area contributed by atoms with Crippen molar-refractivity contribution in [1.29, 1.82) is 0 Å². The van der Waals surface area contributed by atoms with E-state index in [0.717, 1.165) is 22.6 Å². The van der Waals surface area contributed by atoms with Gasteiger partial charge in [-0.1, -0.05) is 67.6 Å². The van der Waals surface area contributed by atoms with Crippen molar-refractivity contribution in [3.8, 4) is 5.75 Å². The Morgan fingerprint density at radius 1 is 0.852 bits per heavy atom. The van der Waals surface area contributed by atoms with Gasteiger partial charge in [0.25, 0.3) is 0 Å². The minimum Gasteiger partial charge on any atom is -0.497 e. The molecule has 0 unspecified atom stereocenters. The Labute approximate surface area is 159 Å². The molecule has 1 amide bonds. The normalized spacial score (nSPS) is 18.5.